The zero-order valence-electron chi connectivity index (χ0n) is 12.3. The van der Waals surface area contributed by atoms with Gasteiger partial charge < -0.3 is 10.6 Å². The van der Waals surface area contributed by atoms with Gasteiger partial charge in [-0.25, -0.2) is 8.42 Å². The van der Waals surface area contributed by atoms with Crippen LogP contribution in [0.15, 0.2) is 0 Å². The van der Waals surface area contributed by atoms with Crippen LogP contribution >= 0.6 is 0 Å². The molecule has 0 spiro atoms. The number of rotatable bonds is 6. The van der Waals surface area contributed by atoms with E-state index in [0.29, 0.717) is 31.3 Å². The van der Waals surface area contributed by atoms with Crippen molar-refractivity contribution in [1.29, 1.82) is 0 Å². The van der Waals surface area contributed by atoms with Crippen LogP contribution in [0, 0.1) is 11.8 Å². The maximum atomic E-state index is 12.1. The fourth-order valence-corrected chi connectivity index (χ4v) is 4.78. The van der Waals surface area contributed by atoms with Crippen LogP contribution in [-0.4, -0.2) is 49.9 Å². The minimum Gasteiger partial charge on any atom is -0.341 e. The molecule has 2 aliphatic rings. The van der Waals surface area contributed by atoms with E-state index < -0.39 is 9.84 Å². The molecule has 2 fully saturated rings. The lowest BCUT2D eigenvalue weighted by Gasteiger charge is -2.18. The molecule has 1 amide bonds. The molecule has 0 radical (unpaired) electrons. The summed E-state index contributed by atoms with van der Waals surface area (Å²) in [4.78, 5) is 13.9. The zero-order valence-corrected chi connectivity index (χ0v) is 13.1. The van der Waals surface area contributed by atoms with Gasteiger partial charge in [0, 0.05) is 19.1 Å². The molecule has 5 nitrogen and oxygen atoms in total. The van der Waals surface area contributed by atoms with Gasteiger partial charge in [0.2, 0.25) is 5.91 Å². The zero-order chi connectivity index (χ0) is 14.8. The molecule has 1 heterocycles. The van der Waals surface area contributed by atoms with Crippen molar-refractivity contribution in [3.63, 3.8) is 0 Å². The van der Waals surface area contributed by atoms with Gasteiger partial charge in [0.05, 0.1) is 5.75 Å². The Labute approximate surface area is 121 Å². The van der Waals surface area contributed by atoms with E-state index in [-0.39, 0.29) is 23.5 Å². The summed E-state index contributed by atoms with van der Waals surface area (Å²) < 4.78 is 23.8. The number of nitrogens with two attached hydrogens (primary N) is 1. The lowest BCUT2D eigenvalue weighted by molar-refractivity contribution is -0.127. The topological polar surface area (TPSA) is 80.5 Å². The summed E-state index contributed by atoms with van der Waals surface area (Å²) in [6.07, 6.45) is 4.64. The van der Waals surface area contributed by atoms with Crippen LogP contribution in [0.2, 0.25) is 0 Å². The van der Waals surface area contributed by atoms with E-state index in [2.05, 4.69) is 0 Å². The van der Waals surface area contributed by atoms with Gasteiger partial charge in [-0.1, -0.05) is 19.8 Å². The van der Waals surface area contributed by atoms with Crippen LogP contribution in [0.3, 0.4) is 0 Å². The van der Waals surface area contributed by atoms with Crippen molar-refractivity contribution in [3.8, 4) is 0 Å². The highest BCUT2D eigenvalue weighted by molar-refractivity contribution is 7.92. The van der Waals surface area contributed by atoms with Gasteiger partial charge in [-0.15, -0.1) is 0 Å². The quantitative estimate of drug-likeness (QED) is 0.736. The first kappa shape index (κ1) is 15.8. The first-order valence-corrected chi connectivity index (χ1v) is 9.49. The Morgan fingerprint density at radius 1 is 1.25 bits per heavy atom. The Balaban J connectivity index is 1.84. The van der Waals surface area contributed by atoms with Crippen LogP contribution in [0.4, 0.5) is 0 Å². The molecule has 2 N–H and O–H groups in total. The van der Waals surface area contributed by atoms with E-state index in [0.717, 1.165) is 25.7 Å². The predicted octanol–water partition coefficient (Wildman–Crippen LogP) is 0.787. The highest BCUT2D eigenvalue weighted by Crippen LogP contribution is 2.37. The Bertz CT molecular complexity index is 449. The average Bonchev–Trinajstić information content (AvgIpc) is 2.92. The van der Waals surface area contributed by atoms with Crippen molar-refractivity contribution < 1.29 is 13.2 Å². The van der Waals surface area contributed by atoms with E-state index in [1.807, 2.05) is 6.92 Å². The molecule has 20 heavy (non-hydrogen) atoms. The summed E-state index contributed by atoms with van der Waals surface area (Å²) in [5, 5.41) is 0. The average molecular weight is 302 g/mol. The number of hydrogen-bond donors (Lipinski definition) is 1. The molecule has 3 atom stereocenters. The van der Waals surface area contributed by atoms with Crippen molar-refractivity contribution in [3.05, 3.63) is 0 Å². The molecule has 0 aromatic heterocycles. The third-order valence-corrected chi connectivity index (χ3v) is 6.26. The van der Waals surface area contributed by atoms with Crippen LogP contribution in [-0.2, 0) is 14.6 Å². The predicted molar refractivity (Wildman–Crippen MR) is 78.9 cm³/mol. The largest absolute Gasteiger partial charge is 0.341 e. The Morgan fingerprint density at radius 3 is 2.65 bits per heavy atom. The number of fused-ring (bicyclic) bond motifs is 1. The first-order chi connectivity index (χ1) is 9.43. The van der Waals surface area contributed by atoms with Crippen LogP contribution < -0.4 is 5.73 Å². The molecule has 1 saturated heterocycles. The Kier molecular flexibility index (Phi) is 5.07. The number of amides is 1. The van der Waals surface area contributed by atoms with Gasteiger partial charge in [0.1, 0.15) is 5.75 Å². The monoisotopic (exact) mass is 302 g/mol. The number of hydrogen-bond acceptors (Lipinski definition) is 4. The third-order valence-electron chi connectivity index (χ3n) is 4.67. The smallest absolute Gasteiger partial charge is 0.237 e. The molecule has 1 saturated carbocycles. The Hall–Kier alpha value is -0.620. The summed E-state index contributed by atoms with van der Waals surface area (Å²) >= 11 is 0. The van der Waals surface area contributed by atoms with Gasteiger partial charge >= 0.3 is 0 Å². The molecule has 6 heteroatoms. The highest BCUT2D eigenvalue weighted by Gasteiger charge is 2.42. The second-order valence-corrected chi connectivity index (χ2v) is 8.45. The van der Waals surface area contributed by atoms with Crippen molar-refractivity contribution >= 4 is 15.7 Å². The van der Waals surface area contributed by atoms with Crippen LogP contribution in [0.5, 0.6) is 0 Å². The van der Waals surface area contributed by atoms with E-state index >= 15 is 0 Å². The molecule has 0 aromatic rings. The van der Waals surface area contributed by atoms with E-state index in [1.165, 1.54) is 0 Å². The molecule has 1 aliphatic carbocycles. The fourth-order valence-electron chi connectivity index (χ4n) is 3.43. The lowest BCUT2D eigenvalue weighted by Crippen LogP contribution is -2.37. The van der Waals surface area contributed by atoms with Crippen molar-refractivity contribution in [2.24, 2.45) is 17.6 Å². The summed E-state index contributed by atoms with van der Waals surface area (Å²) in [7, 11) is -3.25. The second kappa shape index (κ2) is 6.43. The second-order valence-electron chi connectivity index (χ2n) is 6.26. The summed E-state index contributed by atoms with van der Waals surface area (Å²) in [6.45, 7) is 3.38. The minimum atomic E-state index is -3.25. The highest BCUT2D eigenvalue weighted by atomic mass is 32.2. The van der Waals surface area contributed by atoms with Gasteiger partial charge in [-0.3, -0.25) is 4.79 Å². The number of carbonyl (C=O) groups excluding carboxylic acids is 1. The maximum Gasteiger partial charge on any atom is 0.237 e. The lowest BCUT2D eigenvalue weighted by atomic mass is 9.98. The minimum absolute atomic E-state index is 0.132. The van der Waals surface area contributed by atoms with E-state index in [1.54, 1.807) is 4.90 Å². The van der Waals surface area contributed by atoms with Gasteiger partial charge in [0.25, 0.3) is 0 Å². The molecule has 2 rings (SSSR count). The van der Waals surface area contributed by atoms with Crippen molar-refractivity contribution in [1.82, 2.24) is 4.90 Å². The molecule has 1 aliphatic heterocycles. The van der Waals surface area contributed by atoms with Gasteiger partial charge in [0.15, 0.2) is 9.84 Å². The van der Waals surface area contributed by atoms with Gasteiger partial charge in [-0.05, 0) is 31.1 Å². The molecule has 116 valence electrons. The van der Waals surface area contributed by atoms with Gasteiger partial charge in [-0.2, -0.15) is 0 Å². The van der Waals surface area contributed by atoms with E-state index in [9.17, 15) is 13.2 Å². The van der Waals surface area contributed by atoms with Crippen molar-refractivity contribution in [2.75, 3.05) is 24.6 Å². The maximum absolute atomic E-state index is 12.1. The van der Waals surface area contributed by atoms with Crippen LogP contribution in [0.25, 0.3) is 0 Å². The number of likely N-dealkylation sites (tertiary alicyclic amines) is 1. The molecule has 3 unspecified atom stereocenters. The van der Waals surface area contributed by atoms with E-state index in [4.69, 9.17) is 5.73 Å². The molecule has 0 aromatic carbocycles. The fraction of sp³-hybridized carbons (Fsp3) is 0.929. The first-order valence-electron chi connectivity index (χ1n) is 7.66. The number of unbranched alkanes of at least 4 members (excludes halogenated alkanes) is 2. The Morgan fingerprint density at radius 2 is 2.00 bits per heavy atom. The van der Waals surface area contributed by atoms with Crippen molar-refractivity contribution in [2.45, 2.75) is 45.1 Å². The molecular weight excluding hydrogens is 276 g/mol. The summed E-state index contributed by atoms with van der Waals surface area (Å²) in [5.74, 6) is 0.430. The third kappa shape index (κ3) is 3.73. The number of nitrogens with zero attached hydrogens (tertiary/aromatic N) is 1. The summed E-state index contributed by atoms with van der Waals surface area (Å²) in [6, 6.07) is 0.180. The number of sulfone groups is 1. The molecular formula is C14H26N2O3S. The normalized spacial score (nSPS) is 29.7. The summed E-state index contributed by atoms with van der Waals surface area (Å²) in [5.41, 5.74) is 6.03. The SMILES string of the molecule is CCCCCS(=O)(=O)CC(=O)N1CC2CCC(N)C2C1. The van der Waals surface area contributed by atoms with Crippen LogP contribution in [0.1, 0.15) is 39.0 Å². The number of carbonyl (C=O) groups is 1. The standard InChI is InChI=1S/C14H26N2O3S/c1-2-3-4-7-20(18,19)10-14(17)16-8-11-5-6-13(15)12(11)9-16/h11-13H,2-10,15H2,1H3. The molecule has 0 bridgehead atoms.